The van der Waals surface area contributed by atoms with Crippen LogP contribution in [0.5, 0.6) is 0 Å². The molecule has 1 heterocycles. The van der Waals surface area contributed by atoms with Gasteiger partial charge in [-0.2, -0.15) is 0 Å². The highest BCUT2D eigenvalue weighted by Gasteiger charge is 2.10. The van der Waals surface area contributed by atoms with Crippen LogP contribution in [0.3, 0.4) is 0 Å². The lowest BCUT2D eigenvalue weighted by Gasteiger charge is -2.28. The first-order valence-corrected chi connectivity index (χ1v) is 7.79. The van der Waals surface area contributed by atoms with Crippen molar-refractivity contribution < 1.29 is 9.53 Å². The lowest BCUT2D eigenvalue weighted by atomic mass is 10.2. The Morgan fingerprint density at radius 2 is 2.00 bits per heavy atom. The van der Waals surface area contributed by atoms with Crippen molar-refractivity contribution in [1.82, 2.24) is 0 Å². The van der Waals surface area contributed by atoms with Gasteiger partial charge in [0.15, 0.2) is 5.12 Å². The molecule has 1 aromatic rings. The number of anilines is 1. The summed E-state index contributed by atoms with van der Waals surface area (Å²) >= 11 is 1.33. The molecule has 1 aliphatic rings. The molecule has 0 saturated carbocycles. The molecular weight excluding hydrogens is 270 g/mol. The van der Waals surface area contributed by atoms with E-state index in [0.29, 0.717) is 0 Å². The van der Waals surface area contributed by atoms with Gasteiger partial charge in [0, 0.05) is 43.4 Å². The molecule has 0 aromatic heterocycles. The number of hydrogen-bond donors (Lipinski definition) is 0. The monoisotopic (exact) mass is 289 g/mol. The zero-order valence-electron chi connectivity index (χ0n) is 11.7. The van der Waals surface area contributed by atoms with Crippen LogP contribution in [-0.2, 0) is 9.53 Å². The Morgan fingerprint density at radius 3 is 2.65 bits per heavy atom. The average Bonchev–Trinajstić information content (AvgIpc) is 2.48. The van der Waals surface area contributed by atoms with Gasteiger partial charge in [0.2, 0.25) is 0 Å². The third kappa shape index (κ3) is 4.92. The molecule has 0 amide bonds. The van der Waals surface area contributed by atoms with Crippen molar-refractivity contribution in [1.29, 1.82) is 0 Å². The van der Waals surface area contributed by atoms with Crippen molar-refractivity contribution in [3.8, 4) is 11.8 Å². The summed E-state index contributed by atoms with van der Waals surface area (Å²) in [5.74, 6) is 7.00. The Morgan fingerprint density at radius 1 is 1.30 bits per heavy atom. The molecule has 0 spiro atoms. The predicted molar refractivity (Wildman–Crippen MR) is 84.1 cm³/mol. The maximum absolute atomic E-state index is 10.8. The van der Waals surface area contributed by atoms with Gasteiger partial charge < -0.3 is 9.64 Å². The number of morpholine rings is 1. The minimum atomic E-state index is 0.154. The zero-order valence-corrected chi connectivity index (χ0v) is 12.5. The second-order valence-corrected chi connectivity index (χ2v) is 5.81. The van der Waals surface area contributed by atoms with E-state index in [-0.39, 0.29) is 5.12 Å². The molecule has 0 unspecified atom stereocenters. The van der Waals surface area contributed by atoms with Crippen molar-refractivity contribution in [3.63, 3.8) is 0 Å². The SMILES string of the molecule is CC(=O)SCCC#Cc1ccc(N2CCOCC2)cc1. The molecule has 0 N–H and O–H groups in total. The average molecular weight is 289 g/mol. The van der Waals surface area contributed by atoms with Crippen LogP contribution < -0.4 is 4.90 Å². The number of hydrogen-bond acceptors (Lipinski definition) is 4. The Labute approximate surface area is 124 Å². The fourth-order valence-electron chi connectivity index (χ4n) is 1.99. The minimum absolute atomic E-state index is 0.154. The predicted octanol–water partition coefficient (Wildman–Crippen LogP) is 2.54. The zero-order chi connectivity index (χ0) is 14.2. The molecule has 1 fully saturated rings. The molecule has 106 valence electrons. The molecule has 3 nitrogen and oxygen atoms in total. The van der Waals surface area contributed by atoms with Gasteiger partial charge in [-0.1, -0.05) is 23.6 Å². The Bertz CT molecular complexity index is 495. The highest BCUT2D eigenvalue weighted by Crippen LogP contribution is 2.16. The maximum atomic E-state index is 10.8. The molecule has 1 aliphatic heterocycles. The van der Waals surface area contributed by atoms with Crippen LogP contribution >= 0.6 is 11.8 Å². The Balaban J connectivity index is 1.85. The smallest absolute Gasteiger partial charge is 0.185 e. The fraction of sp³-hybridized carbons (Fsp3) is 0.438. The molecule has 1 saturated heterocycles. The molecule has 0 aliphatic carbocycles. The van der Waals surface area contributed by atoms with Crippen LogP contribution in [0.4, 0.5) is 5.69 Å². The molecule has 0 radical (unpaired) electrons. The molecule has 0 bridgehead atoms. The largest absolute Gasteiger partial charge is 0.378 e. The van der Waals surface area contributed by atoms with Gasteiger partial charge in [0.05, 0.1) is 13.2 Å². The molecular formula is C16H19NO2S. The normalized spacial score (nSPS) is 14.6. The summed E-state index contributed by atoms with van der Waals surface area (Å²) in [5, 5.41) is 0.154. The Kier molecular flexibility index (Phi) is 5.97. The molecule has 20 heavy (non-hydrogen) atoms. The third-order valence-corrected chi connectivity index (χ3v) is 3.82. The van der Waals surface area contributed by atoms with Crippen LogP contribution in [0.15, 0.2) is 24.3 Å². The van der Waals surface area contributed by atoms with Gasteiger partial charge in [0.25, 0.3) is 0 Å². The van der Waals surface area contributed by atoms with E-state index in [4.69, 9.17) is 4.74 Å². The number of nitrogens with zero attached hydrogens (tertiary/aromatic N) is 1. The van der Waals surface area contributed by atoms with Crippen molar-refractivity contribution in [3.05, 3.63) is 29.8 Å². The van der Waals surface area contributed by atoms with Crippen molar-refractivity contribution in [2.45, 2.75) is 13.3 Å². The van der Waals surface area contributed by atoms with Gasteiger partial charge in [-0.05, 0) is 24.3 Å². The number of ether oxygens (including phenoxy) is 1. The summed E-state index contributed by atoms with van der Waals surface area (Å²) < 4.78 is 5.35. The van der Waals surface area contributed by atoms with Crippen LogP contribution in [0, 0.1) is 11.8 Å². The number of thioether (sulfide) groups is 1. The third-order valence-electron chi connectivity index (χ3n) is 3.01. The van der Waals surface area contributed by atoms with Crippen LogP contribution in [0.1, 0.15) is 18.9 Å². The lowest BCUT2D eigenvalue weighted by molar-refractivity contribution is -0.109. The van der Waals surface area contributed by atoms with Crippen molar-refractivity contribution in [2.24, 2.45) is 0 Å². The summed E-state index contributed by atoms with van der Waals surface area (Å²) in [6, 6.07) is 8.32. The summed E-state index contributed by atoms with van der Waals surface area (Å²) in [6.07, 6.45) is 0.745. The summed E-state index contributed by atoms with van der Waals surface area (Å²) in [5.41, 5.74) is 2.25. The second kappa shape index (κ2) is 7.98. The van der Waals surface area contributed by atoms with Crippen LogP contribution in [-0.4, -0.2) is 37.2 Å². The topological polar surface area (TPSA) is 29.5 Å². The quantitative estimate of drug-likeness (QED) is 0.632. The standard InChI is InChI=1S/C16H19NO2S/c1-14(18)20-13-3-2-4-15-5-7-16(8-6-15)17-9-11-19-12-10-17/h5-8H,3,9-13H2,1H3. The van der Waals surface area contributed by atoms with Gasteiger partial charge >= 0.3 is 0 Å². The van der Waals surface area contributed by atoms with Crippen LogP contribution in [0.25, 0.3) is 0 Å². The van der Waals surface area contributed by atoms with E-state index < -0.39 is 0 Å². The molecule has 0 atom stereocenters. The highest BCUT2D eigenvalue weighted by atomic mass is 32.2. The number of carbonyl (C=O) groups excluding carboxylic acids is 1. The maximum Gasteiger partial charge on any atom is 0.185 e. The first kappa shape index (κ1) is 15.0. The first-order valence-electron chi connectivity index (χ1n) is 6.81. The van der Waals surface area contributed by atoms with E-state index in [2.05, 4.69) is 41.0 Å². The number of benzene rings is 1. The first-order chi connectivity index (χ1) is 9.75. The number of carbonyl (C=O) groups is 1. The lowest BCUT2D eigenvalue weighted by Crippen LogP contribution is -2.36. The summed E-state index contributed by atoms with van der Waals surface area (Å²) in [6.45, 7) is 5.09. The molecule has 2 rings (SSSR count). The van der Waals surface area contributed by atoms with E-state index >= 15 is 0 Å². The van der Waals surface area contributed by atoms with Crippen LogP contribution in [0.2, 0.25) is 0 Å². The van der Waals surface area contributed by atoms with Gasteiger partial charge in [-0.25, -0.2) is 0 Å². The molecule has 1 aromatic carbocycles. The minimum Gasteiger partial charge on any atom is -0.378 e. The van der Waals surface area contributed by atoms with Gasteiger partial charge in [-0.3, -0.25) is 4.79 Å². The van der Waals surface area contributed by atoms with E-state index in [9.17, 15) is 4.79 Å². The Hall–Kier alpha value is -1.44. The van der Waals surface area contributed by atoms with Gasteiger partial charge in [-0.15, -0.1) is 0 Å². The van der Waals surface area contributed by atoms with E-state index in [1.165, 1.54) is 17.4 Å². The van der Waals surface area contributed by atoms with Crippen molar-refractivity contribution >= 4 is 22.6 Å². The summed E-state index contributed by atoms with van der Waals surface area (Å²) in [4.78, 5) is 13.1. The van der Waals surface area contributed by atoms with E-state index in [1.54, 1.807) is 6.92 Å². The van der Waals surface area contributed by atoms with Gasteiger partial charge in [0.1, 0.15) is 0 Å². The van der Waals surface area contributed by atoms with Crippen molar-refractivity contribution in [2.75, 3.05) is 37.0 Å². The fourth-order valence-corrected chi connectivity index (χ4v) is 2.48. The number of rotatable bonds is 3. The van der Waals surface area contributed by atoms with E-state index in [1.807, 2.05) is 0 Å². The molecule has 4 heteroatoms. The highest BCUT2D eigenvalue weighted by molar-refractivity contribution is 8.13. The summed E-state index contributed by atoms with van der Waals surface area (Å²) in [7, 11) is 0. The second-order valence-electron chi connectivity index (χ2n) is 4.54. The van der Waals surface area contributed by atoms with E-state index in [0.717, 1.165) is 44.0 Å².